The van der Waals surface area contributed by atoms with Crippen LogP contribution in [-0.4, -0.2) is 48.0 Å². The van der Waals surface area contributed by atoms with Gasteiger partial charge in [-0.25, -0.2) is 4.79 Å². The first kappa shape index (κ1) is 16.0. The van der Waals surface area contributed by atoms with Gasteiger partial charge in [-0.05, 0) is 13.3 Å². The van der Waals surface area contributed by atoms with Crippen molar-refractivity contribution in [3.05, 3.63) is 11.6 Å². The van der Waals surface area contributed by atoms with Gasteiger partial charge < -0.3 is 5.11 Å². The Morgan fingerprint density at radius 1 is 1.24 bits per heavy atom. The number of hydrogen-bond acceptors (Lipinski definition) is 5. The van der Waals surface area contributed by atoms with Crippen molar-refractivity contribution in [3.8, 4) is 0 Å². The van der Waals surface area contributed by atoms with Crippen LogP contribution in [0.3, 0.4) is 0 Å². The summed E-state index contributed by atoms with van der Waals surface area (Å²) in [6.45, 7) is 1.18. The molecule has 3 N–H and O–H groups in total. The zero-order valence-corrected chi connectivity index (χ0v) is 10.4. The highest BCUT2D eigenvalue weighted by atomic mass is 32.2. The summed E-state index contributed by atoms with van der Waals surface area (Å²) in [5.41, 5.74) is -0.200. The molecule has 0 bridgehead atoms. The first-order valence-electron chi connectivity index (χ1n) is 4.25. The smallest absolute Gasteiger partial charge is 0.330 e. The molecule has 0 aromatic heterocycles. The average molecular weight is 288 g/mol. The molecule has 0 aliphatic rings. The van der Waals surface area contributed by atoms with Crippen molar-refractivity contribution < 1.29 is 35.8 Å². The molecule has 17 heavy (non-hydrogen) atoms. The number of hydrogen-bond donors (Lipinski definition) is 3. The van der Waals surface area contributed by atoms with Crippen molar-refractivity contribution in [2.75, 3.05) is 5.75 Å². The first-order chi connectivity index (χ1) is 7.43. The topological polar surface area (TPSA) is 146 Å². The van der Waals surface area contributed by atoms with Gasteiger partial charge in [0, 0.05) is 5.57 Å². The molecule has 0 saturated carbocycles. The highest BCUT2D eigenvalue weighted by molar-refractivity contribution is 7.90. The lowest BCUT2D eigenvalue weighted by atomic mass is 10.2. The van der Waals surface area contributed by atoms with Crippen molar-refractivity contribution in [2.24, 2.45) is 0 Å². The van der Waals surface area contributed by atoms with E-state index in [2.05, 4.69) is 0 Å². The van der Waals surface area contributed by atoms with Crippen molar-refractivity contribution in [1.29, 1.82) is 0 Å². The number of aliphatic carboxylic acids is 1. The summed E-state index contributed by atoms with van der Waals surface area (Å²) in [5, 5.41) is 6.68. The van der Waals surface area contributed by atoms with Crippen LogP contribution in [0.4, 0.5) is 0 Å². The Morgan fingerprint density at radius 2 is 1.71 bits per heavy atom. The molecule has 0 rings (SSSR count). The van der Waals surface area contributed by atoms with E-state index in [1.165, 1.54) is 6.92 Å². The summed E-state index contributed by atoms with van der Waals surface area (Å²) >= 11 is 0. The van der Waals surface area contributed by atoms with E-state index in [4.69, 9.17) is 14.2 Å². The van der Waals surface area contributed by atoms with Crippen molar-refractivity contribution in [3.63, 3.8) is 0 Å². The molecule has 10 heteroatoms. The first-order valence-corrected chi connectivity index (χ1v) is 7.36. The predicted molar refractivity (Wildman–Crippen MR) is 57.8 cm³/mol. The predicted octanol–water partition coefficient (Wildman–Crippen LogP) is -0.448. The Hall–Kier alpha value is -0.970. The van der Waals surface area contributed by atoms with Gasteiger partial charge in [-0.3, -0.25) is 9.11 Å². The third-order valence-electron chi connectivity index (χ3n) is 1.84. The lowest BCUT2D eigenvalue weighted by Gasteiger charge is -2.09. The van der Waals surface area contributed by atoms with Crippen molar-refractivity contribution in [1.82, 2.24) is 0 Å². The summed E-state index contributed by atoms with van der Waals surface area (Å²) in [4.78, 5) is 10.4. The molecule has 0 saturated heterocycles. The summed E-state index contributed by atoms with van der Waals surface area (Å²) in [6, 6.07) is 0. The number of carbonyl (C=O) groups is 1. The summed E-state index contributed by atoms with van der Waals surface area (Å²) in [5.74, 6) is -2.50. The molecule has 0 fully saturated rings. The Bertz CT molecular complexity index is 512. The summed E-state index contributed by atoms with van der Waals surface area (Å²) in [7, 11) is -9.29. The lowest BCUT2D eigenvalue weighted by molar-refractivity contribution is -0.132. The SMILES string of the molecule is CC(=CCC(CS(=O)(=O)O)S(=O)(=O)O)C(=O)O. The average Bonchev–Trinajstić information content (AvgIpc) is 2.07. The minimum Gasteiger partial charge on any atom is -0.478 e. The second-order valence-corrected chi connectivity index (χ2v) is 6.51. The number of carboxylic acids is 1. The fraction of sp³-hybridized carbons (Fsp3) is 0.571. The van der Waals surface area contributed by atoms with Crippen LogP contribution in [0.15, 0.2) is 11.6 Å². The molecule has 0 radical (unpaired) electrons. The van der Waals surface area contributed by atoms with E-state index in [0.717, 1.165) is 6.08 Å². The van der Waals surface area contributed by atoms with E-state index in [0.29, 0.717) is 0 Å². The van der Waals surface area contributed by atoms with Crippen molar-refractivity contribution in [2.45, 2.75) is 18.6 Å². The van der Waals surface area contributed by atoms with Gasteiger partial charge in [0.25, 0.3) is 20.2 Å². The molecule has 1 unspecified atom stereocenters. The van der Waals surface area contributed by atoms with Crippen LogP contribution >= 0.6 is 0 Å². The third-order valence-corrected chi connectivity index (χ3v) is 4.08. The van der Waals surface area contributed by atoms with Crippen LogP contribution in [0.2, 0.25) is 0 Å². The molecular formula is C7H12O8S2. The number of allylic oxidation sites excluding steroid dienone is 1. The minimum absolute atomic E-state index is 0.200. The molecular weight excluding hydrogens is 276 g/mol. The fourth-order valence-electron chi connectivity index (χ4n) is 0.906. The van der Waals surface area contributed by atoms with E-state index < -0.39 is 43.6 Å². The van der Waals surface area contributed by atoms with Crippen LogP contribution in [0.25, 0.3) is 0 Å². The van der Waals surface area contributed by atoms with E-state index in [9.17, 15) is 21.6 Å². The van der Waals surface area contributed by atoms with Crippen LogP contribution in [0, 0.1) is 0 Å². The van der Waals surface area contributed by atoms with Gasteiger partial charge in [0.05, 0.1) is 5.75 Å². The molecule has 0 aromatic carbocycles. The van der Waals surface area contributed by atoms with Crippen LogP contribution in [0.1, 0.15) is 13.3 Å². The Kier molecular flexibility index (Phi) is 5.26. The van der Waals surface area contributed by atoms with Gasteiger partial charge >= 0.3 is 5.97 Å². The Morgan fingerprint density at radius 3 is 2.00 bits per heavy atom. The van der Waals surface area contributed by atoms with Crippen LogP contribution in [0.5, 0.6) is 0 Å². The van der Waals surface area contributed by atoms with Crippen LogP contribution < -0.4 is 0 Å². The monoisotopic (exact) mass is 288 g/mol. The second kappa shape index (κ2) is 5.58. The molecule has 100 valence electrons. The molecule has 0 aromatic rings. The molecule has 1 atom stereocenters. The van der Waals surface area contributed by atoms with Gasteiger partial charge in [-0.1, -0.05) is 6.08 Å². The van der Waals surface area contributed by atoms with E-state index >= 15 is 0 Å². The zero-order chi connectivity index (χ0) is 13.9. The lowest BCUT2D eigenvalue weighted by Crippen LogP contribution is -2.28. The van der Waals surface area contributed by atoms with Gasteiger partial charge in [-0.15, -0.1) is 0 Å². The molecule has 0 heterocycles. The Labute approximate surface area is 98.5 Å². The van der Waals surface area contributed by atoms with Crippen LogP contribution in [-0.2, 0) is 25.0 Å². The van der Waals surface area contributed by atoms with E-state index in [-0.39, 0.29) is 5.57 Å². The van der Waals surface area contributed by atoms with Gasteiger partial charge in [-0.2, -0.15) is 16.8 Å². The molecule has 0 aliphatic carbocycles. The maximum absolute atomic E-state index is 10.8. The molecule has 0 aliphatic heterocycles. The van der Waals surface area contributed by atoms with Gasteiger partial charge in [0.15, 0.2) is 0 Å². The van der Waals surface area contributed by atoms with Gasteiger partial charge in [0.2, 0.25) is 0 Å². The standard InChI is InChI=1S/C7H12O8S2/c1-5(7(8)9)2-3-6(17(13,14)15)4-16(10,11)12/h2,6H,3-4H2,1H3,(H,8,9)(H,10,11,12)(H,13,14,15). The number of carboxylic acid groups (broad SMARTS) is 1. The van der Waals surface area contributed by atoms with Crippen molar-refractivity contribution >= 4 is 26.2 Å². The highest BCUT2D eigenvalue weighted by Crippen LogP contribution is 2.10. The molecule has 8 nitrogen and oxygen atoms in total. The second-order valence-electron chi connectivity index (χ2n) is 3.31. The number of rotatable bonds is 6. The third kappa shape index (κ3) is 7.05. The minimum atomic E-state index is -4.70. The fourth-order valence-corrected chi connectivity index (χ4v) is 3.06. The zero-order valence-electron chi connectivity index (χ0n) is 8.77. The normalized spacial score (nSPS) is 15.6. The molecule has 0 spiro atoms. The highest BCUT2D eigenvalue weighted by Gasteiger charge is 2.27. The Balaban J connectivity index is 5.01. The summed E-state index contributed by atoms with van der Waals surface area (Å²) in [6.07, 6.45) is 0.419. The van der Waals surface area contributed by atoms with E-state index in [1.54, 1.807) is 0 Å². The molecule has 0 amide bonds. The van der Waals surface area contributed by atoms with Gasteiger partial charge in [0.1, 0.15) is 5.25 Å². The largest absolute Gasteiger partial charge is 0.478 e. The van der Waals surface area contributed by atoms with E-state index in [1.807, 2.05) is 0 Å². The quantitative estimate of drug-likeness (QED) is 0.440. The maximum atomic E-state index is 10.8. The summed E-state index contributed by atoms with van der Waals surface area (Å²) < 4.78 is 59.8. The maximum Gasteiger partial charge on any atom is 0.330 e.